The first-order valence-corrected chi connectivity index (χ1v) is 8.44. The molecule has 2 aromatic rings. The predicted molar refractivity (Wildman–Crippen MR) is 98.8 cm³/mol. The number of ether oxygens (including phenoxy) is 2. The molecule has 0 unspecified atom stereocenters. The van der Waals surface area contributed by atoms with E-state index >= 15 is 0 Å². The van der Waals surface area contributed by atoms with Gasteiger partial charge in [0.05, 0.1) is 25.5 Å². The third kappa shape index (κ3) is 3.29. The highest BCUT2D eigenvalue weighted by molar-refractivity contribution is 5.99. The van der Waals surface area contributed by atoms with E-state index < -0.39 is 0 Å². The van der Waals surface area contributed by atoms with E-state index in [2.05, 4.69) is 11.0 Å². The molecule has 0 spiro atoms. The summed E-state index contributed by atoms with van der Waals surface area (Å²) in [6.07, 6.45) is 0. The number of piperazine rings is 1. The highest BCUT2D eigenvalue weighted by Crippen LogP contribution is 2.30. The number of carbonyl (C=O) groups excluding carboxylic acids is 1. The van der Waals surface area contributed by atoms with Crippen molar-refractivity contribution in [3.05, 3.63) is 53.6 Å². The Hall–Kier alpha value is -3.20. The molecule has 6 nitrogen and oxygen atoms in total. The van der Waals surface area contributed by atoms with E-state index in [9.17, 15) is 10.1 Å². The van der Waals surface area contributed by atoms with Crippen LogP contribution >= 0.6 is 0 Å². The molecule has 1 amide bonds. The lowest BCUT2D eigenvalue weighted by Gasteiger charge is -2.36. The Morgan fingerprint density at radius 3 is 2.15 bits per heavy atom. The zero-order chi connectivity index (χ0) is 18.5. The van der Waals surface area contributed by atoms with Gasteiger partial charge in [-0.3, -0.25) is 4.79 Å². The fourth-order valence-corrected chi connectivity index (χ4v) is 3.21. The zero-order valence-corrected chi connectivity index (χ0v) is 14.9. The van der Waals surface area contributed by atoms with Gasteiger partial charge in [-0.05, 0) is 24.3 Å². The van der Waals surface area contributed by atoms with Crippen LogP contribution in [0.4, 0.5) is 5.69 Å². The Labute approximate surface area is 153 Å². The monoisotopic (exact) mass is 351 g/mol. The first kappa shape index (κ1) is 17.6. The molecular formula is C20H21N3O3. The van der Waals surface area contributed by atoms with Gasteiger partial charge in [-0.25, -0.2) is 0 Å². The number of para-hydroxylation sites is 1. The number of anilines is 1. The van der Waals surface area contributed by atoms with Gasteiger partial charge in [0.2, 0.25) is 0 Å². The maximum atomic E-state index is 13.0. The van der Waals surface area contributed by atoms with Crippen molar-refractivity contribution in [1.82, 2.24) is 4.90 Å². The standard InChI is InChI=1S/C20H21N3O3/c1-25-17-8-5-9-18(26-2)19(17)20(24)23-12-10-22(11-13-23)16-7-4-3-6-15(16)14-21/h3-9H,10-13H2,1-2H3. The van der Waals surface area contributed by atoms with Gasteiger partial charge in [0, 0.05) is 26.2 Å². The molecule has 1 heterocycles. The molecule has 1 aliphatic rings. The highest BCUT2D eigenvalue weighted by Gasteiger charge is 2.27. The van der Waals surface area contributed by atoms with Crippen molar-refractivity contribution in [3.8, 4) is 17.6 Å². The molecule has 6 heteroatoms. The summed E-state index contributed by atoms with van der Waals surface area (Å²) in [7, 11) is 3.09. The number of nitriles is 1. The summed E-state index contributed by atoms with van der Waals surface area (Å²) < 4.78 is 10.7. The van der Waals surface area contributed by atoms with Gasteiger partial charge in [-0.15, -0.1) is 0 Å². The van der Waals surface area contributed by atoms with Crippen molar-refractivity contribution in [3.63, 3.8) is 0 Å². The minimum atomic E-state index is -0.104. The lowest BCUT2D eigenvalue weighted by atomic mass is 10.1. The van der Waals surface area contributed by atoms with Crippen molar-refractivity contribution in [1.29, 1.82) is 5.26 Å². The Morgan fingerprint density at radius 2 is 1.58 bits per heavy atom. The van der Waals surface area contributed by atoms with Gasteiger partial charge >= 0.3 is 0 Å². The van der Waals surface area contributed by atoms with Crippen molar-refractivity contribution in [2.45, 2.75) is 0 Å². The van der Waals surface area contributed by atoms with Gasteiger partial charge < -0.3 is 19.3 Å². The molecule has 0 aliphatic carbocycles. The first-order valence-electron chi connectivity index (χ1n) is 8.44. The van der Waals surface area contributed by atoms with Crippen LogP contribution in [0, 0.1) is 11.3 Å². The fourth-order valence-electron chi connectivity index (χ4n) is 3.21. The molecule has 0 radical (unpaired) electrons. The van der Waals surface area contributed by atoms with Gasteiger partial charge in [0.1, 0.15) is 23.1 Å². The Balaban J connectivity index is 1.77. The largest absolute Gasteiger partial charge is 0.496 e. The van der Waals surface area contributed by atoms with Crippen LogP contribution in [0.15, 0.2) is 42.5 Å². The van der Waals surface area contributed by atoms with Crippen LogP contribution in [0.1, 0.15) is 15.9 Å². The molecule has 0 bridgehead atoms. The summed E-state index contributed by atoms with van der Waals surface area (Å²) in [5, 5.41) is 9.28. The number of amides is 1. The van der Waals surface area contributed by atoms with Gasteiger partial charge in [0.25, 0.3) is 5.91 Å². The minimum absolute atomic E-state index is 0.104. The topological polar surface area (TPSA) is 65.8 Å². The lowest BCUT2D eigenvalue weighted by Crippen LogP contribution is -2.49. The van der Waals surface area contributed by atoms with Crippen LogP contribution in [0.5, 0.6) is 11.5 Å². The third-order valence-electron chi connectivity index (χ3n) is 4.57. The van der Waals surface area contributed by atoms with Gasteiger partial charge in [-0.2, -0.15) is 5.26 Å². The Bertz CT molecular complexity index is 814. The molecular weight excluding hydrogens is 330 g/mol. The van der Waals surface area contributed by atoms with E-state index in [0.717, 1.165) is 5.69 Å². The third-order valence-corrected chi connectivity index (χ3v) is 4.57. The normalized spacial score (nSPS) is 13.9. The molecule has 1 aliphatic heterocycles. The van der Waals surface area contributed by atoms with Crippen molar-refractivity contribution in [2.75, 3.05) is 45.3 Å². The van der Waals surface area contributed by atoms with E-state index in [-0.39, 0.29) is 5.91 Å². The molecule has 0 atom stereocenters. The van der Waals surface area contributed by atoms with E-state index in [4.69, 9.17) is 9.47 Å². The van der Waals surface area contributed by atoms with E-state index in [1.54, 1.807) is 37.3 Å². The molecule has 134 valence electrons. The van der Waals surface area contributed by atoms with Gasteiger partial charge in [-0.1, -0.05) is 18.2 Å². The average Bonchev–Trinajstić information content (AvgIpc) is 2.72. The Kier molecular flexibility index (Phi) is 5.28. The van der Waals surface area contributed by atoms with Crippen molar-refractivity contribution < 1.29 is 14.3 Å². The summed E-state index contributed by atoms with van der Waals surface area (Å²) in [6.45, 7) is 2.48. The molecule has 0 saturated carbocycles. The summed E-state index contributed by atoms with van der Waals surface area (Å²) in [5.74, 6) is 0.908. The second-order valence-electron chi connectivity index (χ2n) is 5.95. The number of hydrogen-bond acceptors (Lipinski definition) is 5. The van der Waals surface area contributed by atoms with Gasteiger partial charge in [0.15, 0.2) is 0 Å². The summed E-state index contributed by atoms with van der Waals surface area (Å²) in [4.78, 5) is 17.0. The summed E-state index contributed by atoms with van der Waals surface area (Å²) in [5.41, 5.74) is 2.01. The molecule has 3 rings (SSSR count). The fraction of sp³-hybridized carbons (Fsp3) is 0.300. The smallest absolute Gasteiger partial charge is 0.261 e. The molecule has 1 fully saturated rings. The minimum Gasteiger partial charge on any atom is -0.496 e. The van der Waals surface area contributed by atoms with Crippen LogP contribution < -0.4 is 14.4 Å². The van der Waals surface area contributed by atoms with Crippen molar-refractivity contribution >= 4 is 11.6 Å². The maximum absolute atomic E-state index is 13.0. The second kappa shape index (κ2) is 7.79. The van der Waals surface area contributed by atoms with E-state index in [1.807, 2.05) is 24.3 Å². The highest BCUT2D eigenvalue weighted by atomic mass is 16.5. The Morgan fingerprint density at radius 1 is 0.962 bits per heavy atom. The number of nitrogens with zero attached hydrogens (tertiary/aromatic N) is 3. The first-order chi connectivity index (χ1) is 12.7. The molecule has 1 saturated heterocycles. The van der Waals surface area contributed by atoms with Crippen LogP contribution in [0.25, 0.3) is 0 Å². The van der Waals surface area contributed by atoms with Crippen LogP contribution in [-0.4, -0.2) is 51.2 Å². The number of benzene rings is 2. The van der Waals surface area contributed by atoms with Crippen LogP contribution in [-0.2, 0) is 0 Å². The summed E-state index contributed by atoms with van der Waals surface area (Å²) >= 11 is 0. The maximum Gasteiger partial charge on any atom is 0.261 e. The number of hydrogen-bond donors (Lipinski definition) is 0. The summed E-state index contributed by atoms with van der Waals surface area (Å²) in [6, 6.07) is 15.1. The average molecular weight is 351 g/mol. The zero-order valence-electron chi connectivity index (χ0n) is 14.9. The second-order valence-corrected chi connectivity index (χ2v) is 5.95. The SMILES string of the molecule is COc1cccc(OC)c1C(=O)N1CCN(c2ccccc2C#N)CC1. The molecule has 26 heavy (non-hydrogen) atoms. The van der Waals surface area contributed by atoms with Crippen LogP contribution in [0.2, 0.25) is 0 Å². The predicted octanol–water partition coefficient (Wildman–Crippen LogP) is 2.54. The van der Waals surface area contributed by atoms with Crippen molar-refractivity contribution in [2.24, 2.45) is 0 Å². The van der Waals surface area contributed by atoms with E-state index in [1.165, 1.54) is 0 Å². The number of methoxy groups -OCH3 is 2. The quantitative estimate of drug-likeness (QED) is 0.847. The lowest BCUT2D eigenvalue weighted by molar-refractivity contribution is 0.0740. The number of rotatable bonds is 4. The number of carbonyl (C=O) groups is 1. The molecule has 2 aromatic carbocycles. The molecule has 0 N–H and O–H groups in total. The van der Waals surface area contributed by atoms with E-state index in [0.29, 0.717) is 48.8 Å². The molecule has 0 aromatic heterocycles. The van der Waals surface area contributed by atoms with Crippen LogP contribution in [0.3, 0.4) is 0 Å².